The summed E-state index contributed by atoms with van der Waals surface area (Å²) in [5, 5.41) is 3.34. The van der Waals surface area contributed by atoms with Crippen LogP contribution < -0.4 is 5.32 Å². The number of alkyl halides is 4. The van der Waals surface area contributed by atoms with Gasteiger partial charge in [0, 0.05) is 35.1 Å². The Morgan fingerprint density at radius 1 is 1.07 bits per heavy atom. The van der Waals surface area contributed by atoms with Gasteiger partial charge in [0.05, 0.1) is 9.57 Å². The van der Waals surface area contributed by atoms with Crippen molar-refractivity contribution in [2.24, 2.45) is 5.92 Å². The number of carbonyl (C=O) groups excluding carboxylic acids is 3. The van der Waals surface area contributed by atoms with Gasteiger partial charge in [-0.1, -0.05) is 35.6 Å². The van der Waals surface area contributed by atoms with Crippen LogP contribution in [0.25, 0.3) is 22.0 Å². The van der Waals surface area contributed by atoms with Crippen LogP contribution in [0.5, 0.6) is 0 Å². The molecule has 4 heterocycles. The van der Waals surface area contributed by atoms with E-state index >= 15 is 0 Å². The van der Waals surface area contributed by atoms with Crippen LogP contribution in [0, 0.1) is 19.8 Å². The van der Waals surface area contributed by atoms with E-state index in [0.29, 0.717) is 28.8 Å². The van der Waals surface area contributed by atoms with Crippen molar-refractivity contribution in [1.82, 2.24) is 24.4 Å². The van der Waals surface area contributed by atoms with Crippen LogP contribution in [0.2, 0.25) is 0 Å². The number of ketones is 1. The van der Waals surface area contributed by atoms with Crippen molar-refractivity contribution in [3.05, 3.63) is 71.1 Å². The van der Waals surface area contributed by atoms with E-state index in [-0.39, 0.29) is 39.9 Å². The van der Waals surface area contributed by atoms with Gasteiger partial charge in [0.1, 0.15) is 29.9 Å². The number of hydrogen-bond acceptors (Lipinski definition) is 6. The fourth-order valence-corrected chi connectivity index (χ4v) is 7.21. The third kappa shape index (κ3) is 6.13. The Kier molecular flexibility index (Phi) is 8.40. The van der Waals surface area contributed by atoms with Crippen molar-refractivity contribution in [1.29, 1.82) is 0 Å². The molecule has 3 atom stereocenters. The molecule has 1 saturated heterocycles. The van der Waals surface area contributed by atoms with Crippen molar-refractivity contribution >= 4 is 56.9 Å². The van der Waals surface area contributed by atoms with Crippen LogP contribution in [-0.2, 0) is 22.3 Å². The Labute approximate surface area is 277 Å². The molecule has 0 radical (unpaired) electrons. The molecule has 13 heteroatoms. The van der Waals surface area contributed by atoms with Gasteiger partial charge >= 0.3 is 6.18 Å². The number of nitrogens with one attached hydrogen (secondary N) is 1. The van der Waals surface area contributed by atoms with E-state index in [4.69, 9.17) is 0 Å². The highest BCUT2D eigenvalue weighted by atomic mass is 127. The van der Waals surface area contributed by atoms with Gasteiger partial charge in [-0.05, 0) is 86.8 Å². The highest BCUT2D eigenvalue weighted by molar-refractivity contribution is 14.1. The van der Waals surface area contributed by atoms with Gasteiger partial charge in [-0.3, -0.25) is 14.4 Å². The predicted octanol–water partition coefficient (Wildman–Crippen LogP) is 6.85. The first kappa shape index (κ1) is 32.1. The molecule has 0 bridgehead atoms. The van der Waals surface area contributed by atoms with Crippen LogP contribution >= 0.6 is 22.6 Å². The summed E-state index contributed by atoms with van der Waals surface area (Å²) in [5.74, 6) is -0.544. The minimum Gasteiger partial charge on any atom is -0.337 e. The SMILES string of the molecule is CC(=O)c1cn(CC(=O)N2[C@H](I)[C@@H](C)C[C@H]2C(=O)Nc2nc(C(F)(F)F)ccc2C2CC2)c2c(C)cc(-c3cnc(C)nc3)cc12. The molecule has 0 unspecified atom stereocenters. The molecule has 6 rings (SSSR count). The second-order valence-electron chi connectivity index (χ2n) is 12.2. The lowest BCUT2D eigenvalue weighted by molar-refractivity contribution is -0.141. The van der Waals surface area contributed by atoms with Crippen molar-refractivity contribution in [2.45, 2.75) is 75.7 Å². The number of fused-ring (bicyclic) bond motifs is 1. The maximum atomic E-state index is 14.0. The van der Waals surface area contributed by atoms with Crippen LogP contribution in [0.15, 0.2) is 42.9 Å². The first-order chi connectivity index (χ1) is 21.7. The van der Waals surface area contributed by atoms with Gasteiger partial charge < -0.3 is 14.8 Å². The number of aryl methyl sites for hydroxylation is 2. The Morgan fingerprint density at radius 3 is 2.39 bits per heavy atom. The largest absolute Gasteiger partial charge is 0.433 e. The minimum absolute atomic E-state index is 0.0439. The summed E-state index contributed by atoms with van der Waals surface area (Å²) in [7, 11) is 0. The summed E-state index contributed by atoms with van der Waals surface area (Å²) in [6.45, 7) is 6.97. The average Bonchev–Trinajstić information content (AvgIpc) is 3.70. The maximum Gasteiger partial charge on any atom is 0.433 e. The Hall–Kier alpha value is -3.88. The number of benzene rings is 1. The van der Waals surface area contributed by atoms with Crippen molar-refractivity contribution < 1.29 is 27.6 Å². The summed E-state index contributed by atoms with van der Waals surface area (Å²) < 4.78 is 41.9. The number of hydrogen-bond donors (Lipinski definition) is 1. The Balaban J connectivity index is 1.31. The minimum atomic E-state index is -4.66. The highest BCUT2D eigenvalue weighted by Crippen LogP contribution is 2.44. The number of halogens is 4. The van der Waals surface area contributed by atoms with E-state index in [1.807, 2.05) is 26.0 Å². The third-order valence-electron chi connectivity index (χ3n) is 8.69. The molecule has 1 saturated carbocycles. The molecule has 2 amide bonds. The molecule has 1 N–H and O–H groups in total. The lowest BCUT2D eigenvalue weighted by Crippen LogP contribution is -2.47. The van der Waals surface area contributed by atoms with Gasteiger partial charge in [0.2, 0.25) is 11.8 Å². The summed E-state index contributed by atoms with van der Waals surface area (Å²) in [5.41, 5.74) is 3.13. The summed E-state index contributed by atoms with van der Waals surface area (Å²) in [4.78, 5) is 54.3. The van der Waals surface area contributed by atoms with Gasteiger partial charge in [-0.25, -0.2) is 15.0 Å². The van der Waals surface area contributed by atoms with Crippen molar-refractivity contribution in [2.75, 3.05) is 5.32 Å². The number of anilines is 1. The number of pyridine rings is 1. The lowest BCUT2D eigenvalue weighted by atomic mass is 10.0. The van der Waals surface area contributed by atoms with E-state index in [1.165, 1.54) is 17.9 Å². The highest BCUT2D eigenvalue weighted by Gasteiger charge is 2.45. The van der Waals surface area contributed by atoms with Gasteiger partial charge in [0.25, 0.3) is 0 Å². The zero-order valence-electron chi connectivity index (χ0n) is 25.7. The zero-order valence-corrected chi connectivity index (χ0v) is 27.8. The zero-order chi connectivity index (χ0) is 33.1. The van der Waals surface area contributed by atoms with Gasteiger partial charge in [-0.15, -0.1) is 0 Å². The second kappa shape index (κ2) is 12.0. The summed E-state index contributed by atoms with van der Waals surface area (Å²) >= 11 is 2.14. The molecule has 2 fully saturated rings. The Bertz CT molecular complexity index is 1870. The third-order valence-corrected chi connectivity index (χ3v) is 10.5. The standard InChI is InChI=1S/C33H32F3IN6O3/c1-16-9-21(22-12-38-19(4)39-13-22)11-24-25(18(3)44)14-42(29(16)24)15-28(45)43-26(10-17(2)30(43)37)32(46)41-31-23(20-5-6-20)7-8-27(40-31)33(34,35)36/h7-9,11-14,17,20,26,30H,5-6,10,15H2,1-4H3,(H,40,41,46)/t17-,26-,30-/m0/s1. The molecule has 1 aliphatic heterocycles. The molecule has 1 aliphatic carbocycles. The number of rotatable bonds is 7. The summed E-state index contributed by atoms with van der Waals surface area (Å²) in [6.07, 6.45) is 2.41. The van der Waals surface area contributed by atoms with Crippen LogP contribution in [0.3, 0.4) is 0 Å². The second-order valence-corrected chi connectivity index (χ2v) is 13.5. The van der Waals surface area contributed by atoms with Crippen molar-refractivity contribution in [3.8, 4) is 11.1 Å². The molecule has 1 aromatic carbocycles. The van der Waals surface area contributed by atoms with E-state index in [0.717, 1.165) is 41.1 Å². The van der Waals surface area contributed by atoms with Crippen molar-refractivity contribution in [3.63, 3.8) is 0 Å². The molecular formula is C33H32F3IN6O3. The molecular weight excluding hydrogens is 712 g/mol. The van der Waals surface area contributed by atoms with E-state index in [2.05, 4.69) is 42.9 Å². The number of aromatic nitrogens is 4. The Morgan fingerprint density at radius 2 is 1.76 bits per heavy atom. The van der Waals surface area contributed by atoms with E-state index < -0.39 is 23.8 Å². The lowest BCUT2D eigenvalue weighted by Gasteiger charge is -2.28. The monoisotopic (exact) mass is 744 g/mol. The number of nitrogens with zero attached hydrogens (tertiary/aromatic N) is 5. The number of carbonyl (C=O) groups is 3. The van der Waals surface area contributed by atoms with Gasteiger partial charge in [-0.2, -0.15) is 13.2 Å². The van der Waals surface area contributed by atoms with E-state index in [9.17, 15) is 27.6 Å². The number of Topliss-reactive ketones (excluding diaryl/α,β-unsaturated/α-hetero) is 1. The van der Waals surface area contributed by atoms with Gasteiger partial charge in [0.15, 0.2) is 5.78 Å². The molecule has 4 aromatic rings. The van der Waals surface area contributed by atoms with Crippen LogP contribution in [-0.4, -0.2) is 52.1 Å². The molecule has 240 valence electrons. The topological polar surface area (TPSA) is 110 Å². The number of likely N-dealkylation sites (tertiary alicyclic amines) is 1. The van der Waals surface area contributed by atoms with Crippen LogP contribution in [0.4, 0.5) is 19.0 Å². The maximum absolute atomic E-state index is 14.0. The predicted molar refractivity (Wildman–Crippen MR) is 175 cm³/mol. The molecule has 2 aliphatic rings. The summed E-state index contributed by atoms with van der Waals surface area (Å²) in [6, 6.07) is 5.26. The van der Waals surface area contributed by atoms with E-state index in [1.54, 1.807) is 30.1 Å². The van der Waals surface area contributed by atoms with Crippen LogP contribution in [0.1, 0.15) is 72.0 Å². The molecule has 46 heavy (non-hydrogen) atoms. The smallest absolute Gasteiger partial charge is 0.337 e. The normalized spacial score (nSPS) is 19.9. The number of amides is 2. The fraction of sp³-hybridized carbons (Fsp3) is 0.394. The quantitative estimate of drug-likeness (QED) is 0.0961. The first-order valence-electron chi connectivity index (χ1n) is 15.0. The average molecular weight is 745 g/mol. The fourth-order valence-electron chi connectivity index (χ4n) is 6.22. The molecule has 9 nitrogen and oxygen atoms in total. The molecule has 3 aromatic heterocycles. The first-order valence-corrected chi connectivity index (χ1v) is 16.2. The molecule has 0 spiro atoms.